The van der Waals surface area contributed by atoms with Gasteiger partial charge in [-0.05, 0) is 5.92 Å². The lowest BCUT2D eigenvalue weighted by molar-refractivity contribution is -0.142. The topological polar surface area (TPSA) is 159 Å². The van der Waals surface area contributed by atoms with Crippen LogP contribution in [0.1, 0.15) is 20.3 Å². The second kappa shape index (κ2) is 9.26. The average molecular weight is 335 g/mol. The first-order valence-electron chi connectivity index (χ1n) is 6.51. The van der Waals surface area contributed by atoms with E-state index in [9.17, 15) is 19.2 Å². The molecule has 0 heterocycles. The van der Waals surface area contributed by atoms with E-state index in [-0.39, 0.29) is 11.7 Å². The number of carbonyl (C=O) groups excluding carboxylic acids is 2. The Bertz CT molecular complexity index is 443. The minimum atomic E-state index is -1.30. The summed E-state index contributed by atoms with van der Waals surface area (Å²) in [6, 6.07) is -3.53. The Morgan fingerprint density at radius 3 is 2.00 bits per heavy atom. The Morgan fingerprint density at radius 2 is 1.64 bits per heavy atom. The van der Waals surface area contributed by atoms with E-state index in [1.807, 2.05) is 0 Å². The fourth-order valence-corrected chi connectivity index (χ4v) is 1.77. The predicted octanol–water partition coefficient (Wildman–Crippen LogP) is -1.57. The molecule has 3 atom stereocenters. The van der Waals surface area contributed by atoms with Crippen molar-refractivity contribution in [2.45, 2.75) is 38.4 Å². The van der Waals surface area contributed by atoms with E-state index in [1.54, 1.807) is 13.8 Å². The van der Waals surface area contributed by atoms with Crippen LogP contribution in [0.2, 0.25) is 0 Å². The monoisotopic (exact) mass is 335 g/mol. The van der Waals surface area contributed by atoms with Gasteiger partial charge < -0.3 is 26.6 Å². The highest BCUT2D eigenvalue weighted by Gasteiger charge is 2.29. The van der Waals surface area contributed by atoms with Crippen molar-refractivity contribution in [1.29, 1.82) is 0 Å². The molecule has 0 radical (unpaired) electrons. The number of amides is 2. The molecule has 0 aliphatic carbocycles. The van der Waals surface area contributed by atoms with Crippen LogP contribution in [0.5, 0.6) is 0 Å². The molecule has 0 saturated carbocycles. The summed E-state index contributed by atoms with van der Waals surface area (Å²) in [5.41, 5.74) is 5.41. The lowest BCUT2D eigenvalue weighted by atomic mass is 10.0. The van der Waals surface area contributed by atoms with Crippen molar-refractivity contribution in [2.75, 3.05) is 5.75 Å². The molecule has 0 saturated heterocycles. The number of carboxylic acid groups (broad SMARTS) is 2. The summed E-state index contributed by atoms with van der Waals surface area (Å²) >= 11 is 3.82. The molecule has 0 aliphatic heterocycles. The molecular formula is C12H21N3O6S. The van der Waals surface area contributed by atoms with Crippen LogP contribution in [-0.2, 0) is 19.2 Å². The Labute approximate surface area is 133 Å². The molecule has 0 spiro atoms. The molecule has 2 amide bonds. The second-order valence-corrected chi connectivity index (χ2v) is 5.38. The number of rotatable bonds is 9. The van der Waals surface area contributed by atoms with Crippen LogP contribution in [0.3, 0.4) is 0 Å². The van der Waals surface area contributed by atoms with Crippen molar-refractivity contribution >= 4 is 36.4 Å². The second-order valence-electron chi connectivity index (χ2n) is 5.02. The standard InChI is InChI=1S/C12H21N3O6S/c1-5(2)9(11(19)14-7(4-22)12(20)21)15-10(18)6(13)3-8(16)17/h5-7,9,22H,3-4,13H2,1-2H3,(H,14,19)(H,15,18)(H,16,17)(H,20,21). The van der Waals surface area contributed by atoms with E-state index < -0.39 is 48.3 Å². The third kappa shape index (κ3) is 6.76. The van der Waals surface area contributed by atoms with Gasteiger partial charge in [0.15, 0.2) is 0 Å². The van der Waals surface area contributed by atoms with Crippen LogP contribution in [0.25, 0.3) is 0 Å². The first kappa shape index (κ1) is 20.2. The zero-order valence-electron chi connectivity index (χ0n) is 12.3. The molecule has 6 N–H and O–H groups in total. The third-order valence-corrected chi connectivity index (χ3v) is 3.14. The van der Waals surface area contributed by atoms with Gasteiger partial charge in [-0.3, -0.25) is 14.4 Å². The number of nitrogens with one attached hydrogen (secondary N) is 2. The number of carboxylic acids is 2. The molecule has 3 unspecified atom stereocenters. The Kier molecular flexibility index (Phi) is 8.50. The van der Waals surface area contributed by atoms with E-state index in [0.717, 1.165) is 0 Å². The van der Waals surface area contributed by atoms with E-state index in [0.29, 0.717) is 0 Å². The van der Waals surface area contributed by atoms with Gasteiger partial charge in [0.25, 0.3) is 0 Å². The van der Waals surface area contributed by atoms with Crippen LogP contribution in [-0.4, -0.2) is 57.8 Å². The van der Waals surface area contributed by atoms with Crippen molar-refractivity contribution in [3.05, 3.63) is 0 Å². The molecule has 9 nitrogen and oxygen atoms in total. The molecule has 0 aliphatic rings. The van der Waals surface area contributed by atoms with Gasteiger partial charge in [-0.25, -0.2) is 4.79 Å². The Morgan fingerprint density at radius 1 is 1.09 bits per heavy atom. The Hall–Kier alpha value is -1.81. The minimum absolute atomic E-state index is 0.113. The van der Waals surface area contributed by atoms with Crippen LogP contribution in [0.15, 0.2) is 0 Å². The quantitative estimate of drug-likeness (QED) is 0.278. The van der Waals surface area contributed by atoms with Crippen LogP contribution >= 0.6 is 12.6 Å². The first-order valence-corrected chi connectivity index (χ1v) is 7.15. The molecule has 0 aromatic heterocycles. The molecule has 0 aromatic rings. The molecule has 22 heavy (non-hydrogen) atoms. The molecule has 0 rings (SSSR count). The van der Waals surface area contributed by atoms with Crippen molar-refractivity contribution in [1.82, 2.24) is 10.6 Å². The number of hydrogen-bond acceptors (Lipinski definition) is 6. The van der Waals surface area contributed by atoms with Gasteiger partial charge in [0.2, 0.25) is 11.8 Å². The average Bonchev–Trinajstić information content (AvgIpc) is 2.39. The summed E-state index contributed by atoms with van der Waals surface area (Å²) in [6.45, 7) is 3.29. The van der Waals surface area contributed by atoms with E-state index in [2.05, 4.69) is 23.3 Å². The molecule has 0 fully saturated rings. The SMILES string of the molecule is CC(C)C(NC(=O)C(N)CC(=O)O)C(=O)NC(CS)C(=O)O. The highest BCUT2D eigenvalue weighted by molar-refractivity contribution is 7.80. The van der Waals surface area contributed by atoms with Gasteiger partial charge in [-0.2, -0.15) is 12.6 Å². The number of aliphatic carboxylic acids is 2. The minimum Gasteiger partial charge on any atom is -0.481 e. The van der Waals surface area contributed by atoms with E-state index in [1.165, 1.54) is 0 Å². The van der Waals surface area contributed by atoms with Gasteiger partial charge in [0.05, 0.1) is 12.5 Å². The zero-order chi connectivity index (χ0) is 17.4. The first-order chi connectivity index (χ1) is 10.1. The van der Waals surface area contributed by atoms with Crippen LogP contribution < -0.4 is 16.4 Å². The van der Waals surface area contributed by atoms with Crippen LogP contribution in [0.4, 0.5) is 0 Å². The van der Waals surface area contributed by atoms with Crippen molar-refractivity contribution < 1.29 is 29.4 Å². The number of thiol groups is 1. The third-order valence-electron chi connectivity index (χ3n) is 2.78. The summed E-state index contributed by atoms with van der Waals surface area (Å²) in [7, 11) is 0. The molecule has 0 bridgehead atoms. The smallest absolute Gasteiger partial charge is 0.327 e. The highest BCUT2D eigenvalue weighted by atomic mass is 32.1. The molecule has 10 heteroatoms. The molecule has 0 aromatic carbocycles. The summed E-state index contributed by atoms with van der Waals surface area (Å²) in [6.07, 6.45) is -0.577. The van der Waals surface area contributed by atoms with E-state index >= 15 is 0 Å². The van der Waals surface area contributed by atoms with Gasteiger partial charge in [-0.1, -0.05) is 13.8 Å². The number of carbonyl (C=O) groups is 4. The maximum absolute atomic E-state index is 12.1. The normalized spacial score (nSPS) is 14.8. The predicted molar refractivity (Wildman–Crippen MR) is 80.4 cm³/mol. The van der Waals surface area contributed by atoms with Gasteiger partial charge in [0.1, 0.15) is 12.1 Å². The van der Waals surface area contributed by atoms with Crippen LogP contribution in [0, 0.1) is 5.92 Å². The maximum Gasteiger partial charge on any atom is 0.327 e. The maximum atomic E-state index is 12.1. The van der Waals surface area contributed by atoms with Crippen molar-refractivity contribution in [2.24, 2.45) is 11.7 Å². The fraction of sp³-hybridized carbons (Fsp3) is 0.667. The molecular weight excluding hydrogens is 314 g/mol. The Balaban J connectivity index is 4.85. The number of hydrogen-bond donors (Lipinski definition) is 6. The molecule has 126 valence electrons. The fourth-order valence-electron chi connectivity index (χ4n) is 1.52. The summed E-state index contributed by atoms with van der Waals surface area (Å²) in [5.74, 6) is -4.45. The van der Waals surface area contributed by atoms with Gasteiger partial charge in [-0.15, -0.1) is 0 Å². The summed E-state index contributed by atoms with van der Waals surface area (Å²) < 4.78 is 0. The number of nitrogens with two attached hydrogens (primary N) is 1. The van der Waals surface area contributed by atoms with Crippen molar-refractivity contribution in [3.8, 4) is 0 Å². The van der Waals surface area contributed by atoms with Gasteiger partial charge >= 0.3 is 11.9 Å². The largest absolute Gasteiger partial charge is 0.481 e. The summed E-state index contributed by atoms with van der Waals surface area (Å²) in [4.78, 5) is 45.2. The lowest BCUT2D eigenvalue weighted by Crippen LogP contribution is -2.56. The summed E-state index contributed by atoms with van der Waals surface area (Å²) in [5, 5.41) is 22.0. The lowest BCUT2D eigenvalue weighted by Gasteiger charge is -2.24. The highest BCUT2D eigenvalue weighted by Crippen LogP contribution is 2.04. The van der Waals surface area contributed by atoms with Gasteiger partial charge in [0, 0.05) is 5.75 Å². The zero-order valence-corrected chi connectivity index (χ0v) is 13.2. The van der Waals surface area contributed by atoms with E-state index in [4.69, 9.17) is 15.9 Å². The van der Waals surface area contributed by atoms with Crippen molar-refractivity contribution in [3.63, 3.8) is 0 Å².